The minimum Gasteiger partial charge on any atom is -0.330 e. The number of rotatable bonds is 6. The predicted octanol–water partition coefficient (Wildman–Crippen LogP) is 0.838. The van der Waals surface area contributed by atoms with Gasteiger partial charge < -0.3 is 16.0 Å². The number of carbonyl (C=O) groups is 1. The first kappa shape index (κ1) is 15.9. The van der Waals surface area contributed by atoms with Crippen LogP contribution in [0.4, 0.5) is 5.69 Å². The molecule has 0 saturated carbocycles. The zero-order valence-corrected chi connectivity index (χ0v) is 12.8. The van der Waals surface area contributed by atoms with Gasteiger partial charge in [-0.3, -0.25) is 9.69 Å². The maximum atomic E-state index is 12.0. The molecule has 5 nitrogen and oxygen atoms in total. The number of nitrogens with two attached hydrogens (primary N) is 1. The van der Waals surface area contributed by atoms with E-state index in [-0.39, 0.29) is 5.91 Å². The molecular weight excluding hydrogens is 264 g/mol. The van der Waals surface area contributed by atoms with Gasteiger partial charge in [0.05, 0.1) is 6.54 Å². The van der Waals surface area contributed by atoms with Crippen molar-refractivity contribution in [3.05, 3.63) is 30.3 Å². The third kappa shape index (κ3) is 5.46. The number of nitrogens with zero attached hydrogens (tertiary/aromatic N) is 2. The Hall–Kier alpha value is -1.43. The van der Waals surface area contributed by atoms with E-state index in [0.29, 0.717) is 12.5 Å². The predicted molar refractivity (Wildman–Crippen MR) is 86.2 cm³/mol. The average Bonchev–Trinajstić information content (AvgIpc) is 2.50. The molecule has 0 aromatic heterocycles. The van der Waals surface area contributed by atoms with Gasteiger partial charge in [0.15, 0.2) is 0 Å². The first-order valence-electron chi connectivity index (χ1n) is 7.67. The summed E-state index contributed by atoms with van der Waals surface area (Å²) in [5, 5.41) is 2.93. The minimum absolute atomic E-state index is 0.0602. The van der Waals surface area contributed by atoms with Crippen LogP contribution in [0.25, 0.3) is 0 Å². The lowest BCUT2D eigenvalue weighted by atomic mass is 10.1. The Balaban J connectivity index is 1.70. The van der Waals surface area contributed by atoms with Crippen LogP contribution >= 0.6 is 0 Å². The first-order chi connectivity index (χ1) is 10.2. The fourth-order valence-corrected chi connectivity index (χ4v) is 2.57. The molecule has 116 valence electrons. The molecule has 0 bridgehead atoms. The highest BCUT2D eigenvalue weighted by atomic mass is 16.2. The number of para-hydroxylation sites is 1. The van der Waals surface area contributed by atoms with Crippen LogP contribution in [-0.4, -0.2) is 61.5 Å². The molecule has 1 aromatic carbocycles. The number of carbonyl (C=O) groups excluding carboxylic acids is 1. The van der Waals surface area contributed by atoms with E-state index in [4.69, 9.17) is 5.73 Å². The summed E-state index contributed by atoms with van der Waals surface area (Å²) in [6.07, 6.45) is 0. The van der Waals surface area contributed by atoms with Crippen molar-refractivity contribution in [2.45, 2.75) is 6.92 Å². The second-order valence-electron chi connectivity index (χ2n) is 5.83. The molecule has 1 saturated heterocycles. The fourth-order valence-electron chi connectivity index (χ4n) is 2.57. The quantitative estimate of drug-likeness (QED) is 0.815. The summed E-state index contributed by atoms with van der Waals surface area (Å²) in [5.41, 5.74) is 6.52. The zero-order chi connectivity index (χ0) is 15.1. The number of nitrogens with one attached hydrogen (secondary N) is 1. The Morgan fingerprint density at radius 3 is 2.43 bits per heavy atom. The molecule has 0 aliphatic carbocycles. The van der Waals surface area contributed by atoms with Crippen molar-refractivity contribution in [3.8, 4) is 0 Å². The van der Waals surface area contributed by atoms with Crippen LogP contribution < -0.4 is 11.1 Å². The molecule has 1 atom stereocenters. The topological polar surface area (TPSA) is 61.6 Å². The third-order valence-electron chi connectivity index (χ3n) is 3.86. The van der Waals surface area contributed by atoms with Crippen molar-refractivity contribution in [3.63, 3.8) is 0 Å². The van der Waals surface area contributed by atoms with Gasteiger partial charge in [0, 0.05) is 38.4 Å². The number of amides is 1. The van der Waals surface area contributed by atoms with Gasteiger partial charge in [0.25, 0.3) is 0 Å². The van der Waals surface area contributed by atoms with Crippen molar-refractivity contribution in [2.24, 2.45) is 11.7 Å². The second-order valence-corrected chi connectivity index (χ2v) is 5.83. The fraction of sp³-hybridized carbons (Fsp3) is 0.562. The summed E-state index contributed by atoms with van der Waals surface area (Å²) in [7, 11) is 0. The molecule has 1 aliphatic heterocycles. The maximum absolute atomic E-state index is 12.0. The molecule has 2 rings (SSSR count). The number of hydrogen-bond donors (Lipinski definition) is 2. The van der Waals surface area contributed by atoms with E-state index in [1.54, 1.807) is 0 Å². The van der Waals surface area contributed by atoms with E-state index in [0.717, 1.165) is 45.0 Å². The Kier molecular flexibility index (Phi) is 6.17. The minimum atomic E-state index is 0.0602. The van der Waals surface area contributed by atoms with Gasteiger partial charge in [0.1, 0.15) is 0 Å². The number of anilines is 1. The Morgan fingerprint density at radius 2 is 1.81 bits per heavy atom. The molecule has 1 amide bonds. The molecule has 1 fully saturated rings. The van der Waals surface area contributed by atoms with E-state index >= 15 is 0 Å². The summed E-state index contributed by atoms with van der Waals surface area (Å²) in [6.45, 7) is 8.36. The van der Waals surface area contributed by atoms with Crippen LogP contribution in [0.2, 0.25) is 0 Å². The molecule has 1 unspecified atom stereocenters. The summed E-state index contributed by atoms with van der Waals surface area (Å²) < 4.78 is 0. The molecule has 3 N–H and O–H groups in total. The van der Waals surface area contributed by atoms with Crippen molar-refractivity contribution < 1.29 is 4.79 Å². The molecule has 5 heteroatoms. The highest BCUT2D eigenvalue weighted by Crippen LogP contribution is 2.07. The molecule has 1 aliphatic rings. The van der Waals surface area contributed by atoms with Gasteiger partial charge in [-0.1, -0.05) is 25.1 Å². The lowest BCUT2D eigenvalue weighted by molar-refractivity contribution is -0.117. The van der Waals surface area contributed by atoms with Crippen LogP contribution in [0, 0.1) is 5.92 Å². The highest BCUT2D eigenvalue weighted by Gasteiger charge is 2.19. The van der Waals surface area contributed by atoms with Gasteiger partial charge in [0.2, 0.25) is 5.91 Å². The van der Waals surface area contributed by atoms with Crippen LogP contribution in [0.1, 0.15) is 6.92 Å². The van der Waals surface area contributed by atoms with Gasteiger partial charge >= 0.3 is 0 Å². The van der Waals surface area contributed by atoms with Crippen molar-refractivity contribution in [1.29, 1.82) is 0 Å². The molecule has 0 radical (unpaired) electrons. The number of hydrogen-bond acceptors (Lipinski definition) is 4. The van der Waals surface area contributed by atoms with Crippen LogP contribution in [0.3, 0.4) is 0 Å². The normalized spacial score (nSPS) is 18.4. The molecule has 21 heavy (non-hydrogen) atoms. The molecule has 0 spiro atoms. The lowest BCUT2D eigenvalue weighted by Gasteiger charge is -2.35. The van der Waals surface area contributed by atoms with Crippen molar-refractivity contribution in [2.75, 3.05) is 51.1 Å². The highest BCUT2D eigenvalue weighted by molar-refractivity contribution is 5.92. The second kappa shape index (κ2) is 8.12. The van der Waals surface area contributed by atoms with Gasteiger partial charge in [-0.05, 0) is 24.6 Å². The zero-order valence-electron chi connectivity index (χ0n) is 12.8. The number of piperazine rings is 1. The van der Waals surface area contributed by atoms with Crippen molar-refractivity contribution in [1.82, 2.24) is 9.80 Å². The third-order valence-corrected chi connectivity index (χ3v) is 3.86. The molecule has 1 aromatic rings. The van der Waals surface area contributed by atoms with Gasteiger partial charge in [-0.2, -0.15) is 0 Å². The Labute approximate surface area is 127 Å². The monoisotopic (exact) mass is 290 g/mol. The molecule has 1 heterocycles. The van der Waals surface area contributed by atoms with E-state index in [1.807, 2.05) is 30.3 Å². The van der Waals surface area contributed by atoms with Crippen molar-refractivity contribution >= 4 is 11.6 Å². The van der Waals surface area contributed by atoms with Crippen LogP contribution in [0.5, 0.6) is 0 Å². The van der Waals surface area contributed by atoms with E-state index in [1.165, 1.54) is 0 Å². The van der Waals surface area contributed by atoms with Crippen LogP contribution in [0.15, 0.2) is 30.3 Å². The number of benzene rings is 1. The van der Waals surface area contributed by atoms with Gasteiger partial charge in [-0.15, -0.1) is 0 Å². The van der Waals surface area contributed by atoms with E-state index in [9.17, 15) is 4.79 Å². The largest absolute Gasteiger partial charge is 0.330 e. The standard InChI is InChI=1S/C16H26N4O/c1-14(11-17)12-19-7-9-20(10-8-19)13-16(21)18-15-5-3-2-4-6-15/h2-6,14H,7-13,17H2,1H3,(H,18,21). The van der Waals surface area contributed by atoms with E-state index in [2.05, 4.69) is 22.0 Å². The molecular formula is C16H26N4O. The lowest BCUT2D eigenvalue weighted by Crippen LogP contribution is -2.49. The SMILES string of the molecule is CC(CN)CN1CCN(CC(=O)Nc2ccccc2)CC1. The first-order valence-corrected chi connectivity index (χ1v) is 7.67. The summed E-state index contributed by atoms with van der Waals surface area (Å²) >= 11 is 0. The summed E-state index contributed by atoms with van der Waals surface area (Å²) in [4.78, 5) is 16.6. The Bertz CT molecular complexity index is 429. The van der Waals surface area contributed by atoms with Gasteiger partial charge in [-0.25, -0.2) is 0 Å². The Morgan fingerprint density at radius 1 is 1.19 bits per heavy atom. The summed E-state index contributed by atoms with van der Waals surface area (Å²) in [5.74, 6) is 0.600. The average molecular weight is 290 g/mol. The summed E-state index contributed by atoms with van der Waals surface area (Å²) in [6, 6.07) is 9.60. The van der Waals surface area contributed by atoms with E-state index < -0.39 is 0 Å². The maximum Gasteiger partial charge on any atom is 0.238 e. The van der Waals surface area contributed by atoms with Crippen LogP contribution in [-0.2, 0) is 4.79 Å². The smallest absolute Gasteiger partial charge is 0.238 e.